The Labute approximate surface area is 96.5 Å². The molecule has 1 N–H and O–H groups in total. The Balaban J connectivity index is 3.43. The number of carbonyl (C=O) groups is 1. The van der Waals surface area contributed by atoms with Gasteiger partial charge in [0.2, 0.25) is 0 Å². The second kappa shape index (κ2) is 4.64. The van der Waals surface area contributed by atoms with E-state index < -0.39 is 5.97 Å². The van der Waals surface area contributed by atoms with Crippen LogP contribution >= 0.6 is 0 Å². The van der Waals surface area contributed by atoms with E-state index in [0.717, 1.165) is 11.3 Å². The summed E-state index contributed by atoms with van der Waals surface area (Å²) < 4.78 is 0. The van der Waals surface area contributed by atoms with Gasteiger partial charge in [-0.1, -0.05) is 27.7 Å². The summed E-state index contributed by atoms with van der Waals surface area (Å²) in [6.45, 7) is 9.99. The average molecular weight is 221 g/mol. The summed E-state index contributed by atoms with van der Waals surface area (Å²) in [4.78, 5) is 15.6. The number of nitrogens with zero attached hydrogens (tertiary/aromatic N) is 1. The summed E-state index contributed by atoms with van der Waals surface area (Å²) in [5.41, 5.74) is 2.96. The monoisotopic (exact) mass is 221 g/mol. The Hall–Kier alpha value is -1.38. The second-order valence-corrected chi connectivity index (χ2v) is 4.74. The van der Waals surface area contributed by atoms with Gasteiger partial charge in [0.25, 0.3) is 0 Å². The largest absolute Gasteiger partial charge is 0.478 e. The van der Waals surface area contributed by atoms with Gasteiger partial charge in [0.05, 0.1) is 11.3 Å². The van der Waals surface area contributed by atoms with Gasteiger partial charge in [0.1, 0.15) is 0 Å². The molecule has 3 heteroatoms. The highest BCUT2D eigenvalue weighted by molar-refractivity contribution is 5.89. The van der Waals surface area contributed by atoms with Crippen molar-refractivity contribution in [3.63, 3.8) is 0 Å². The number of carboxylic acids is 1. The van der Waals surface area contributed by atoms with Gasteiger partial charge in [0.15, 0.2) is 0 Å². The summed E-state index contributed by atoms with van der Waals surface area (Å²) in [5, 5.41) is 9.13. The molecule has 3 nitrogen and oxygen atoms in total. The lowest BCUT2D eigenvalue weighted by atomic mass is 9.97. The van der Waals surface area contributed by atoms with Gasteiger partial charge in [-0.25, -0.2) is 4.79 Å². The van der Waals surface area contributed by atoms with Gasteiger partial charge in [0, 0.05) is 5.69 Å². The molecule has 0 bridgehead atoms. The van der Waals surface area contributed by atoms with Crippen LogP contribution < -0.4 is 0 Å². The fraction of sp³-hybridized carbons (Fsp3) is 0.538. The van der Waals surface area contributed by atoms with Gasteiger partial charge in [-0.2, -0.15) is 0 Å². The third kappa shape index (κ3) is 2.40. The predicted molar refractivity (Wildman–Crippen MR) is 64.1 cm³/mol. The van der Waals surface area contributed by atoms with E-state index in [9.17, 15) is 4.79 Å². The van der Waals surface area contributed by atoms with E-state index in [1.54, 1.807) is 6.07 Å². The number of aromatic carboxylic acids is 1. The lowest BCUT2D eigenvalue weighted by molar-refractivity contribution is 0.0694. The number of hydrogen-bond donors (Lipinski definition) is 1. The second-order valence-electron chi connectivity index (χ2n) is 4.74. The summed E-state index contributed by atoms with van der Waals surface area (Å²) >= 11 is 0. The van der Waals surface area contributed by atoms with Gasteiger partial charge < -0.3 is 5.11 Å². The number of aromatic nitrogens is 1. The van der Waals surface area contributed by atoms with Crippen LogP contribution in [-0.2, 0) is 0 Å². The molecule has 0 aliphatic rings. The summed E-state index contributed by atoms with van der Waals surface area (Å²) in [6, 6.07) is 1.74. The minimum atomic E-state index is -0.894. The van der Waals surface area contributed by atoms with Crippen LogP contribution in [0.15, 0.2) is 6.07 Å². The first-order chi connectivity index (χ1) is 7.34. The highest BCUT2D eigenvalue weighted by Crippen LogP contribution is 2.24. The third-order valence-corrected chi connectivity index (χ3v) is 2.61. The van der Waals surface area contributed by atoms with Gasteiger partial charge >= 0.3 is 5.97 Å². The van der Waals surface area contributed by atoms with Crippen LogP contribution in [0.1, 0.15) is 66.8 Å². The fourth-order valence-electron chi connectivity index (χ4n) is 1.84. The molecule has 0 aromatic carbocycles. The molecule has 1 aromatic heterocycles. The maximum Gasteiger partial charge on any atom is 0.337 e. The van der Waals surface area contributed by atoms with Crippen molar-refractivity contribution in [1.29, 1.82) is 0 Å². The summed E-state index contributed by atoms with van der Waals surface area (Å²) in [5.74, 6) is -0.445. The fourth-order valence-corrected chi connectivity index (χ4v) is 1.84. The van der Waals surface area contributed by atoms with Crippen LogP contribution in [0.4, 0.5) is 0 Å². The summed E-state index contributed by atoms with van der Waals surface area (Å²) in [7, 11) is 0. The van der Waals surface area contributed by atoms with Gasteiger partial charge in [-0.05, 0) is 30.4 Å². The molecule has 0 aliphatic carbocycles. The Bertz CT molecular complexity index is 409. The van der Waals surface area contributed by atoms with Crippen LogP contribution in [0.3, 0.4) is 0 Å². The molecule has 0 saturated carbocycles. The molecule has 0 atom stereocenters. The Kier molecular flexibility index (Phi) is 3.68. The zero-order chi connectivity index (χ0) is 12.5. The van der Waals surface area contributed by atoms with E-state index in [0.29, 0.717) is 17.2 Å². The first-order valence-corrected chi connectivity index (χ1v) is 5.59. The number of aryl methyl sites for hydroxylation is 1. The van der Waals surface area contributed by atoms with Crippen LogP contribution in [0, 0.1) is 6.92 Å². The summed E-state index contributed by atoms with van der Waals surface area (Å²) in [6.07, 6.45) is 0. The van der Waals surface area contributed by atoms with Crippen molar-refractivity contribution in [3.05, 3.63) is 28.6 Å². The molecular formula is C13H19NO2. The van der Waals surface area contributed by atoms with Crippen molar-refractivity contribution in [1.82, 2.24) is 4.98 Å². The van der Waals surface area contributed by atoms with Gasteiger partial charge in [-0.3, -0.25) is 4.98 Å². The molecule has 0 fully saturated rings. The Morgan fingerprint density at radius 3 is 2.06 bits per heavy atom. The van der Waals surface area contributed by atoms with Crippen molar-refractivity contribution in [2.75, 3.05) is 0 Å². The topological polar surface area (TPSA) is 50.2 Å². The van der Waals surface area contributed by atoms with Crippen LogP contribution in [0.5, 0.6) is 0 Å². The highest BCUT2D eigenvalue weighted by Gasteiger charge is 2.18. The number of hydrogen-bond acceptors (Lipinski definition) is 2. The minimum Gasteiger partial charge on any atom is -0.478 e. The quantitative estimate of drug-likeness (QED) is 0.851. The number of carboxylic acid groups (broad SMARTS) is 1. The SMILES string of the molecule is Cc1cc(C(=O)O)c(C(C)C)nc1C(C)C. The molecule has 0 radical (unpaired) electrons. The lowest BCUT2D eigenvalue weighted by Gasteiger charge is -2.15. The third-order valence-electron chi connectivity index (χ3n) is 2.61. The maximum atomic E-state index is 11.1. The molecule has 16 heavy (non-hydrogen) atoms. The Morgan fingerprint density at radius 2 is 1.69 bits per heavy atom. The van der Waals surface area contributed by atoms with E-state index in [4.69, 9.17) is 5.11 Å². The molecule has 0 aliphatic heterocycles. The van der Waals surface area contributed by atoms with Crippen molar-refractivity contribution in [2.24, 2.45) is 0 Å². The number of rotatable bonds is 3. The van der Waals surface area contributed by atoms with Gasteiger partial charge in [-0.15, -0.1) is 0 Å². The van der Waals surface area contributed by atoms with E-state index in [1.165, 1.54) is 0 Å². The molecule has 0 amide bonds. The van der Waals surface area contributed by atoms with Crippen molar-refractivity contribution in [3.8, 4) is 0 Å². The lowest BCUT2D eigenvalue weighted by Crippen LogP contribution is -2.10. The molecule has 1 aromatic rings. The van der Waals surface area contributed by atoms with Crippen molar-refractivity contribution >= 4 is 5.97 Å². The molecule has 0 unspecified atom stereocenters. The standard InChI is InChI=1S/C13H19NO2/c1-7(2)11-9(5)6-10(13(15)16)12(14-11)8(3)4/h6-8H,1-5H3,(H,15,16). The first-order valence-electron chi connectivity index (χ1n) is 5.59. The Morgan fingerprint density at radius 1 is 1.19 bits per heavy atom. The minimum absolute atomic E-state index is 0.129. The average Bonchev–Trinajstić information content (AvgIpc) is 2.15. The van der Waals surface area contributed by atoms with Crippen molar-refractivity contribution in [2.45, 2.75) is 46.5 Å². The van der Waals surface area contributed by atoms with Crippen molar-refractivity contribution < 1.29 is 9.90 Å². The molecule has 88 valence electrons. The zero-order valence-electron chi connectivity index (χ0n) is 10.5. The number of pyridine rings is 1. The molecular weight excluding hydrogens is 202 g/mol. The maximum absolute atomic E-state index is 11.1. The van der Waals surface area contributed by atoms with Crippen LogP contribution in [0.2, 0.25) is 0 Å². The first kappa shape index (κ1) is 12.7. The molecule has 0 spiro atoms. The zero-order valence-corrected chi connectivity index (χ0v) is 10.5. The normalized spacial score (nSPS) is 11.2. The molecule has 1 rings (SSSR count). The molecule has 0 saturated heterocycles. The van der Waals surface area contributed by atoms with Crippen LogP contribution in [-0.4, -0.2) is 16.1 Å². The van der Waals surface area contributed by atoms with Crippen LogP contribution in [0.25, 0.3) is 0 Å². The predicted octanol–water partition coefficient (Wildman–Crippen LogP) is 3.34. The smallest absolute Gasteiger partial charge is 0.337 e. The molecule has 1 heterocycles. The van der Waals surface area contributed by atoms with E-state index in [1.807, 2.05) is 20.8 Å². The van der Waals surface area contributed by atoms with E-state index in [2.05, 4.69) is 18.8 Å². The highest BCUT2D eigenvalue weighted by atomic mass is 16.4. The van der Waals surface area contributed by atoms with E-state index in [-0.39, 0.29) is 5.92 Å². The van der Waals surface area contributed by atoms with E-state index >= 15 is 0 Å².